The second-order valence-electron chi connectivity index (χ2n) is 8.63. The van der Waals surface area contributed by atoms with Gasteiger partial charge in [0.1, 0.15) is 11.6 Å². The molecule has 2 fully saturated rings. The van der Waals surface area contributed by atoms with Crippen molar-refractivity contribution in [3.63, 3.8) is 0 Å². The van der Waals surface area contributed by atoms with Crippen LogP contribution >= 0.6 is 0 Å². The van der Waals surface area contributed by atoms with Crippen molar-refractivity contribution in [1.82, 2.24) is 4.57 Å². The first-order valence-electron chi connectivity index (χ1n) is 11.0. The largest absolute Gasteiger partial charge is 0.369 e. The Balaban J connectivity index is 1.72. The van der Waals surface area contributed by atoms with Gasteiger partial charge >= 0.3 is 0 Å². The lowest BCUT2D eigenvalue weighted by atomic mass is 10.0. The highest BCUT2D eigenvalue weighted by Gasteiger charge is 2.21. The highest BCUT2D eigenvalue weighted by molar-refractivity contribution is 5.96. The van der Waals surface area contributed by atoms with Gasteiger partial charge in [-0.25, -0.2) is 8.78 Å². The fourth-order valence-electron chi connectivity index (χ4n) is 5.05. The van der Waals surface area contributed by atoms with E-state index in [1.165, 1.54) is 25.0 Å². The Morgan fingerprint density at radius 3 is 1.47 bits per heavy atom. The molecule has 0 unspecified atom stereocenters. The Kier molecular flexibility index (Phi) is 4.88. The fourth-order valence-corrected chi connectivity index (χ4v) is 5.05. The summed E-state index contributed by atoms with van der Waals surface area (Å²) in [4.78, 5) is 17.3. The molecule has 2 aliphatic rings. The van der Waals surface area contributed by atoms with E-state index >= 15 is 0 Å². The number of halogens is 2. The van der Waals surface area contributed by atoms with Crippen molar-refractivity contribution in [2.24, 2.45) is 7.05 Å². The van der Waals surface area contributed by atoms with Crippen LogP contribution in [0.25, 0.3) is 21.8 Å². The molecule has 0 aliphatic carbocycles. The highest BCUT2D eigenvalue weighted by Crippen LogP contribution is 2.31. The molecule has 2 aromatic carbocycles. The standard InChI is InChI=1S/C24H27F2N3O/c1-27-20-14-22(28-8-4-2-5-9-28)18(25)12-16(20)24(30)17-13-19(26)23(15-21(17)27)29-10-6-3-7-11-29/h12-15H,2-11H2,1H3. The Morgan fingerprint density at radius 2 is 1.07 bits per heavy atom. The predicted molar refractivity (Wildman–Crippen MR) is 119 cm³/mol. The van der Waals surface area contributed by atoms with Crippen LogP contribution in [-0.4, -0.2) is 30.7 Å². The molecule has 158 valence electrons. The van der Waals surface area contributed by atoms with Gasteiger partial charge in [-0.1, -0.05) is 0 Å². The summed E-state index contributed by atoms with van der Waals surface area (Å²) in [5.74, 6) is -0.766. The number of pyridine rings is 1. The molecule has 0 amide bonds. The van der Waals surface area contributed by atoms with Gasteiger partial charge in [-0.3, -0.25) is 4.79 Å². The topological polar surface area (TPSA) is 28.5 Å². The molecule has 0 bridgehead atoms. The van der Waals surface area contributed by atoms with Crippen molar-refractivity contribution >= 4 is 33.2 Å². The van der Waals surface area contributed by atoms with Gasteiger partial charge in [-0.15, -0.1) is 0 Å². The van der Waals surface area contributed by atoms with Crippen LogP contribution in [0, 0.1) is 11.6 Å². The van der Waals surface area contributed by atoms with E-state index in [2.05, 4.69) is 9.80 Å². The van der Waals surface area contributed by atoms with Crippen molar-refractivity contribution in [1.29, 1.82) is 0 Å². The van der Waals surface area contributed by atoms with Crippen LogP contribution in [-0.2, 0) is 7.05 Å². The Labute approximate surface area is 174 Å². The van der Waals surface area contributed by atoms with Crippen molar-refractivity contribution < 1.29 is 8.78 Å². The number of hydrogen-bond acceptors (Lipinski definition) is 3. The number of nitrogens with zero attached hydrogens (tertiary/aromatic N) is 3. The number of rotatable bonds is 2. The van der Waals surface area contributed by atoms with Gasteiger partial charge in [0.15, 0.2) is 5.43 Å². The van der Waals surface area contributed by atoms with Crippen LogP contribution in [0.1, 0.15) is 38.5 Å². The lowest BCUT2D eigenvalue weighted by molar-refractivity contribution is 0.557. The number of fused-ring (bicyclic) bond motifs is 2. The Morgan fingerprint density at radius 1 is 0.667 bits per heavy atom. The SMILES string of the molecule is Cn1c2cc(N3CCCCC3)c(F)cc2c(=O)c2cc(F)c(N3CCCCC3)cc21. The summed E-state index contributed by atoms with van der Waals surface area (Å²) in [7, 11) is 1.87. The number of benzene rings is 2. The van der Waals surface area contributed by atoms with Crippen LogP contribution in [0.3, 0.4) is 0 Å². The maximum atomic E-state index is 14.9. The predicted octanol–water partition coefficient (Wildman–Crippen LogP) is 4.95. The molecule has 5 rings (SSSR count). The zero-order chi connectivity index (χ0) is 20.8. The molecule has 3 aromatic rings. The summed E-state index contributed by atoms with van der Waals surface area (Å²) < 4.78 is 31.8. The van der Waals surface area contributed by atoms with E-state index in [0.29, 0.717) is 33.2 Å². The quantitative estimate of drug-likeness (QED) is 0.559. The summed E-state index contributed by atoms with van der Waals surface area (Å²) in [5, 5.41) is 0.599. The first-order valence-corrected chi connectivity index (χ1v) is 11.0. The number of aromatic nitrogens is 1. The second-order valence-corrected chi connectivity index (χ2v) is 8.63. The zero-order valence-corrected chi connectivity index (χ0v) is 17.4. The van der Waals surface area contributed by atoms with Gasteiger partial charge in [0.05, 0.1) is 22.4 Å². The van der Waals surface area contributed by atoms with E-state index in [9.17, 15) is 13.6 Å². The number of piperidine rings is 2. The van der Waals surface area contributed by atoms with Gasteiger partial charge < -0.3 is 14.4 Å². The van der Waals surface area contributed by atoms with Gasteiger partial charge in [0, 0.05) is 44.0 Å². The molecule has 4 nitrogen and oxygen atoms in total. The number of hydrogen-bond donors (Lipinski definition) is 0. The fraction of sp³-hybridized carbons (Fsp3) is 0.458. The van der Waals surface area contributed by atoms with E-state index in [4.69, 9.17) is 0 Å². The molecule has 2 aliphatic heterocycles. The molecule has 30 heavy (non-hydrogen) atoms. The van der Waals surface area contributed by atoms with Gasteiger partial charge in [-0.2, -0.15) is 0 Å². The maximum Gasteiger partial charge on any atom is 0.197 e. The monoisotopic (exact) mass is 411 g/mol. The Hall–Kier alpha value is -2.63. The van der Waals surface area contributed by atoms with Crippen molar-refractivity contribution in [2.45, 2.75) is 38.5 Å². The molecular formula is C24H27F2N3O. The maximum absolute atomic E-state index is 14.9. The number of aryl methyl sites for hydroxylation is 1. The lowest BCUT2D eigenvalue weighted by Gasteiger charge is -2.30. The molecule has 3 heterocycles. The third-order valence-electron chi connectivity index (χ3n) is 6.74. The summed E-state index contributed by atoms with van der Waals surface area (Å²) in [6, 6.07) is 6.25. The van der Waals surface area contributed by atoms with Crippen LogP contribution in [0.4, 0.5) is 20.2 Å². The van der Waals surface area contributed by atoms with Crippen LogP contribution in [0.5, 0.6) is 0 Å². The van der Waals surface area contributed by atoms with Gasteiger partial charge in [0.25, 0.3) is 0 Å². The first-order chi connectivity index (χ1) is 14.5. The summed E-state index contributed by atoms with van der Waals surface area (Å²) in [6.07, 6.45) is 6.53. The highest BCUT2D eigenvalue weighted by atomic mass is 19.1. The number of anilines is 2. The summed E-state index contributed by atoms with van der Waals surface area (Å²) in [6.45, 7) is 3.31. The molecule has 0 spiro atoms. The molecule has 2 saturated heterocycles. The van der Waals surface area contributed by atoms with Gasteiger partial charge in [-0.05, 0) is 62.8 Å². The molecular weight excluding hydrogens is 384 g/mol. The van der Waals surface area contributed by atoms with Crippen LogP contribution < -0.4 is 15.2 Å². The Bertz CT molecular complexity index is 1090. The van der Waals surface area contributed by atoms with E-state index < -0.39 is 0 Å². The minimum absolute atomic E-state index is 0.299. The van der Waals surface area contributed by atoms with E-state index in [-0.39, 0.29) is 17.1 Å². The van der Waals surface area contributed by atoms with E-state index in [1.807, 2.05) is 11.6 Å². The molecule has 0 saturated carbocycles. The molecule has 0 atom stereocenters. The smallest absolute Gasteiger partial charge is 0.197 e. The second kappa shape index (κ2) is 7.56. The van der Waals surface area contributed by atoms with Crippen molar-refractivity contribution in [2.75, 3.05) is 36.0 Å². The van der Waals surface area contributed by atoms with E-state index in [0.717, 1.165) is 51.9 Å². The van der Waals surface area contributed by atoms with Crippen LogP contribution in [0.2, 0.25) is 0 Å². The van der Waals surface area contributed by atoms with Crippen molar-refractivity contribution in [3.8, 4) is 0 Å². The normalized spacial score (nSPS) is 17.8. The molecule has 1 aromatic heterocycles. The zero-order valence-electron chi connectivity index (χ0n) is 17.4. The average molecular weight is 411 g/mol. The average Bonchev–Trinajstić information content (AvgIpc) is 2.78. The molecule has 0 N–H and O–H groups in total. The molecule has 0 radical (unpaired) electrons. The van der Waals surface area contributed by atoms with Crippen molar-refractivity contribution in [3.05, 3.63) is 46.1 Å². The third kappa shape index (κ3) is 3.13. The summed E-state index contributed by atoms with van der Waals surface area (Å²) >= 11 is 0. The summed E-state index contributed by atoms with van der Waals surface area (Å²) in [5.41, 5.74) is 2.16. The van der Waals surface area contributed by atoms with Crippen LogP contribution in [0.15, 0.2) is 29.1 Å². The first kappa shape index (κ1) is 19.3. The lowest BCUT2D eigenvalue weighted by Crippen LogP contribution is -2.30. The minimum Gasteiger partial charge on any atom is -0.369 e. The minimum atomic E-state index is -0.383. The molecule has 6 heteroatoms. The van der Waals surface area contributed by atoms with Gasteiger partial charge in [0.2, 0.25) is 0 Å². The third-order valence-corrected chi connectivity index (χ3v) is 6.74. The van der Waals surface area contributed by atoms with E-state index in [1.54, 1.807) is 12.1 Å².